The lowest BCUT2D eigenvalue weighted by molar-refractivity contribution is -0.257. The Morgan fingerprint density at radius 3 is 2.42 bits per heavy atom. The number of aryl methyl sites for hydroxylation is 1. The molecule has 1 aromatic heterocycles. The summed E-state index contributed by atoms with van der Waals surface area (Å²) in [7, 11) is 0. The first-order chi connectivity index (χ1) is 12.5. The highest BCUT2D eigenvalue weighted by molar-refractivity contribution is 5.27. The van der Waals surface area contributed by atoms with E-state index in [1.165, 1.54) is 10.2 Å². The van der Waals surface area contributed by atoms with Gasteiger partial charge in [-0.3, -0.25) is 0 Å². The normalized spacial score (nSPS) is 29.0. The number of nitrogens with zero attached hydrogens (tertiary/aromatic N) is 2. The summed E-state index contributed by atoms with van der Waals surface area (Å²) in [5, 5.41) is 34.5. The maximum Gasteiger partial charge on any atom is 0.179 e. The second-order valence-electron chi connectivity index (χ2n) is 6.55. The van der Waals surface area contributed by atoms with Crippen molar-refractivity contribution in [3.63, 3.8) is 0 Å². The van der Waals surface area contributed by atoms with E-state index in [0.29, 0.717) is 6.42 Å². The van der Waals surface area contributed by atoms with E-state index in [1.54, 1.807) is 12.4 Å². The molecule has 1 fully saturated rings. The van der Waals surface area contributed by atoms with Crippen molar-refractivity contribution < 1.29 is 24.9 Å². The summed E-state index contributed by atoms with van der Waals surface area (Å²) in [5.74, 6) is 5.04. The number of rotatable bonds is 6. The minimum Gasteiger partial charge on any atom is -0.387 e. The molecule has 0 bridgehead atoms. The van der Waals surface area contributed by atoms with Crippen molar-refractivity contribution >= 4 is 0 Å². The molecule has 1 aliphatic heterocycles. The van der Waals surface area contributed by atoms with Gasteiger partial charge in [-0.15, -0.1) is 0 Å². The molecule has 0 spiro atoms. The molecule has 26 heavy (non-hydrogen) atoms. The quantitative estimate of drug-likeness (QED) is 0.529. The minimum absolute atomic E-state index is 0.112. The van der Waals surface area contributed by atoms with E-state index in [-0.39, 0.29) is 6.61 Å². The largest absolute Gasteiger partial charge is 0.387 e. The summed E-state index contributed by atoms with van der Waals surface area (Å²) in [6.45, 7) is 2.00. The smallest absolute Gasteiger partial charge is 0.179 e. The average Bonchev–Trinajstić information content (AvgIpc) is 3.11. The molecule has 142 valence electrons. The molecule has 2 aromatic rings. The topological polar surface area (TPSA) is 123 Å². The van der Waals surface area contributed by atoms with Gasteiger partial charge in [-0.2, -0.15) is 5.10 Å². The van der Waals surface area contributed by atoms with Crippen molar-refractivity contribution in [2.45, 2.75) is 50.4 Å². The van der Waals surface area contributed by atoms with Crippen LogP contribution in [0.25, 0.3) is 0 Å². The van der Waals surface area contributed by atoms with Gasteiger partial charge in [0.1, 0.15) is 24.4 Å². The number of ether oxygens (including phenoxy) is 1. The van der Waals surface area contributed by atoms with Crippen molar-refractivity contribution in [2.24, 2.45) is 5.90 Å². The van der Waals surface area contributed by atoms with Gasteiger partial charge in [0.05, 0.1) is 12.8 Å². The van der Waals surface area contributed by atoms with Crippen LogP contribution in [0.4, 0.5) is 0 Å². The van der Waals surface area contributed by atoms with Crippen LogP contribution in [-0.4, -0.2) is 56.1 Å². The third-order valence-corrected chi connectivity index (χ3v) is 4.70. The maximum absolute atomic E-state index is 10.2. The van der Waals surface area contributed by atoms with E-state index in [1.807, 2.05) is 0 Å². The molecule has 1 saturated heterocycles. The van der Waals surface area contributed by atoms with Crippen LogP contribution >= 0.6 is 0 Å². The molecule has 8 heteroatoms. The number of aromatic nitrogens is 2. The van der Waals surface area contributed by atoms with Crippen molar-refractivity contribution in [1.82, 2.24) is 9.78 Å². The van der Waals surface area contributed by atoms with E-state index in [0.717, 1.165) is 17.5 Å². The van der Waals surface area contributed by atoms with Crippen LogP contribution in [0.5, 0.6) is 0 Å². The lowest BCUT2D eigenvalue weighted by atomic mass is 9.98. The molecular formula is C18H25N3O5. The second kappa shape index (κ2) is 8.26. The van der Waals surface area contributed by atoms with Gasteiger partial charge in [-0.05, 0) is 23.1 Å². The standard InChI is InChI=1S/C18H25N3O5/c1-2-11-3-5-12(6-4-11)7-13-8-20-21(9-13)18-17(24)16(23)15(22)14(26-18)10-25-19/h3-6,8-9,14-18,22-24H,2,7,10,19H2,1H3/t14?,15-,16?,17-,18?/m1/s1. The van der Waals surface area contributed by atoms with E-state index in [2.05, 4.69) is 41.1 Å². The first-order valence-electron chi connectivity index (χ1n) is 8.65. The van der Waals surface area contributed by atoms with Crippen molar-refractivity contribution in [3.8, 4) is 0 Å². The highest BCUT2D eigenvalue weighted by Crippen LogP contribution is 2.28. The van der Waals surface area contributed by atoms with Crippen LogP contribution < -0.4 is 5.90 Å². The Labute approximate surface area is 151 Å². The molecule has 5 atom stereocenters. The third-order valence-electron chi connectivity index (χ3n) is 4.70. The second-order valence-corrected chi connectivity index (χ2v) is 6.55. The number of nitrogens with two attached hydrogens (primary N) is 1. The fourth-order valence-corrected chi connectivity index (χ4v) is 3.12. The van der Waals surface area contributed by atoms with Crippen LogP contribution in [0.3, 0.4) is 0 Å². The highest BCUT2D eigenvalue weighted by atomic mass is 16.6. The number of aliphatic hydroxyl groups excluding tert-OH is 3. The van der Waals surface area contributed by atoms with Gasteiger partial charge in [0, 0.05) is 12.6 Å². The third kappa shape index (κ3) is 3.96. The molecule has 0 radical (unpaired) electrons. The van der Waals surface area contributed by atoms with Gasteiger partial charge in [-0.1, -0.05) is 31.2 Å². The summed E-state index contributed by atoms with van der Waals surface area (Å²) < 4.78 is 7.08. The molecule has 3 rings (SSSR count). The van der Waals surface area contributed by atoms with Crippen molar-refractivity contribution in [3.05, 3.63) is 53.3 Å². The van der Waals surface area contributed by atoms with E-state index >= 15 is 0 Å². The Bertz CT molecular complexity index is 705. The Morgan fingerprint density at radius 2 is 1.77 bits per heavy atom. The first kappa shape index (κ1) is 19.0. The molecule has 1 aliphatic rings. The van der Waals surface area contributed by atoms with Crippen LogP contribution in [0.2, 0.25) is 0 Å². The van der Waals surface area contributed by atoms with Crippen LogP contribution in [-0.2, 0) is 22.4 Å². The predicted molar refractivity (Wildman–Crippen MR) is 92.9 cm³/mol. The van der Waals surface area contributed by atoms with Crippen molar-refractivity contribution in [2.75, 3.05) is 6.61 Å². The molecule has 5 N–H and O–H groups in total. The Hall–Kier alpha value is -1.81. The number of hydrogen-bond acceptors (Lipinski definition) is 7. The molecule has 2 heterocycles. The van der Waals surface area contributed by atoms with E-state index < -0.39 is 30.6 Å². The molecule has 0 aliphatic carbocycles. The van der Waals surface area contributed by atoms with Crippen LogP contribution in [0, 0.1) is 0 Å². The van der Waals surface area contributed by atoms with Gasteiger partial charge in [0.15, 0.2) is 6.23 Å². The molecule has 3 unspecified atom stereocenters. The predicted octanol–water partition coefficient (Wildman–Crippen LogP) is -0.0933. The summed E-state index contributed by atoms with van der Waals surface area (Å²) >= 11 is 0. The molecule has 0 saturated carbocycles. The highest BCUT2D eigenvalue weighted by Gasteiger charge is 2.44. The molecular weight excluding hydrogens is 338 g/mol. The summed E-state index contributed by atoms with van der Waals surface area (Å²) in [6.07, 6.45) is -0.676. The van der Waals surface area contributed by atoms with Gasteiger partial charge in [0.25, 0.3) is 0 Å². The first-order valence-corrected chi connectivity index (χ1v) is 8.65. The average molecular weight is 363 g/mol. The van der Waals surface area contributed by atoms with Gasteiger partial charge >= 0.3 is 0 Å². The van der Waals surface area contributed by atoms with Gasteiger partial charge < -0.3 is 24.9 Å². The Kier molecular flexibility index (Phi) is 6.02. The Balaban J connectivity index is 1.73. The number of aliphatic hydroxyl groups is 3. The molecule has 8 nitrogen and oxygen atoms in total. The van der Waals surface area contributed by atoms with Gasteiger partial charge in [0.2, 0.25) is 0 Å². The zero-order valence-electron chi connectivity index (χ0n) is 14.6. The summed E-state index contributed by atoms with van der Waals surface area (Å²) in [5.41, 5.74) is 3.37. The lowest BCUT2D eigenvalue weighted by Crippen LogP contribution is -2.57. The monoisotopic (exact) mass is 363 g/mol. The fourth-order valence-electron chi connectivity index (χ4n) is 3.12. The molecule has 1 aromatic carbocycles. The van der Waals surface area contributed by atoms with E-state index in [4.69, 9.17) is 10.6 Å². The van der Waals surface area contributed by atoms with Crippen molar-refractivity contribution in [1.29, 1.82) is 0 Å². The zero-order chi connectivity index (χ0) is 18.7. The Morgan fingerprint density at radius 1 is 1.08 bits per heavy atom. The summed E-state index contributed by atoms with van der Waals surface area (Å²) in [6, 6.07) is 8.36. The SMILES string of the molecule is CCc1ccc(Cc2cnn(C3OC(CON)[C@@H](O)C(O)[C@H]3O)c2)cc1. The zero-order valence-corrected chi connectivity index (χ0v) is 14.6. The lowest BCUT2D eigenvalue weighted by Gasteiger charge is -2.40. The van der Waals surface area contributed by atoms with Gasteiger partial charge in [-0.25, -0.2) is 10.6 Å². The number of benzene rings is 1. The maximum atomic E-state index is 10.2. The van der Waals surface area contributed by atoms with Crippen LogP contribution in [0.15, 0.2) is 36.7 Å². The van der Waals surface area contributed by atoms with E-state index in [9.17, 15) is 15.3 Å². The molecule has 0 amide bonds. The number of hydrogen-bond donors (Lipinski definition) is 4. The minimum atomic E-state index is -1.39. The summed E-state index contributed by atoms with van der Waals surface area (Å²) in [4.78, 5) is 4.52. The van der Waals surface area contributed by atoms with Crippen LogP contribution in [0.1, 0.15) is 29.8 Å². The fraction of sp³-hybridized carbons (Fsp3) is 0.500.